The van der Waals surface area contributed by atoms with Crippen molar-refractivity contribution in [3.63, 3.8) is 0 Å². The molecule has 2 atom stereocenters. The van der Waals surface area contributed by atoms with Crippen molar-refractivity contribution in [2.45, 2.75) is 24.5 Å². The molecule has 3 aromatic carbocycles. The first kappa shape index (κ1) is 28.4. The smallest absolute Gasteiger partial charge is 0.252 e. The van der Waals surface area contributed by atoms with Crippen LogP contribution in [-0.4, -0.2) is 56.0 Å². The number of alkyl halides is 1. The molecule has 0 saturated carbocycles. The lowest BCUT2D eigenvalue weighted by molar-refractivity contribution is -0.129. The van der Waals surface area contributed by atoms with Gasteiger partial charge in [0.1, 0.15) is 18.2 Å². The van der Waals surface area contributed by atoms with Crippen LogP contribution in [0.1, 0.15) is 29.2 Å². The number of methoxy groups -OCH3 is 1. The fourth-order valence-corrected chi connectivity index (χ4v) is 4.50. The van der Waals surface area contributed by atoms with Gasteiger partial charge >= 0.3 is 0 Å². The fourth-order valence-electron chi connectivity index (χ4n) is 4.50. The van der Waals surface area contributed by atoms with Gasteiger partial charge in [0.2, 0.25) is 5.90 Å². The summed E-state index contributed by atoms with van der Waals surface area (Å²) in [5.41, 5.74) is 9.68. The van der Waals surface area contributed by atoms with E-state index in [2.05, 4.69) is 15.3 Å². The maximum atomic E-state index is 13.9. The number of nitrogens with zero attached hydrogens (tertiary/aromatic N) is 4. The topological polar surface area (TPSA) is 138 Å². The average molecular weight is 548 g/mol. The minimum absolute atomic E-state index is 0.00798. The van der Waals surface area contributed by atoms with Crippen LogP contribution >= 0.6 is 0 Å². The molecule has 40 heavy (non-hydrogen) atoms. The number of amides is 1. The van der Waals surface area contributed by atoms with Crippen molar-refractivity contribution in [3.8, 4) is 11.5 Å². The Morgan fingerprint density at radius 3 is 2.70 bits per heavy atom. The molecule has 1 heterocycles. The van der Waals surface area contributed by atoms with Crippen LogP contribution in [0.5, 0.6) is 11.5 Å². The minimum Gasteiger partial charge on any atom is -0.497 e. The van der Waals surface area contributed by atoms with Crippen LogP contribution in [0.2, 0.25) is 0 Å². The van der Waals surface area contributed by atoms with E-state index >= 15 is 0 Å². The second-order valence-electron chi connectivity index (χ2n) is 9.01. The van der Waals surface area contributed by atoms with Gasteiger partial charge in [0.15, 0.2) is 11.6 Å². The summed E-state index contributed by atoms with van der Waals surface area (Å²) in [4.78, 5) is 21.7. The summed E-state index contributed by atoms with van der Waals surface area (Å²) in [5, 5.41) is 15.4. The molecule has 4 rings (SSSR count). The summed E-state index contributed by atoms with van der Waals surface area (Å²) < 4.78 is 30.6. The number of nitrogens with one attached hydrogen (secondary N) is 1. The SMILES string of the molecule is COc1cccc([C@H]2OC(c3ccc(OCCCO)cc3)=N[C@@]2(Cc2ccccc2N=[N+]=[N-])C(=O)NCCF)c1. The van der Waals surface area contributed by atoms with E-state index in [1.165, 1.54) is 7.11 Å². The van der Waals surface area contributed by atoms with E-state index < -0.39 is 24.2 Å². The lowest BCUT2D eigenvalue weighted by atomic mass is 9.81. The third-order valence-corrected chi connectivity index (χ3v) is 6.41. The van der Waals surface area contributed by atoms with E-state index in [-0.39, 0.29) is 25.5 Å². The first-order chi connectivity index (χ1) is 19.5. The van der Waals surface area contributed by atoms with E-state index in [1.54, 1.807) is 72.8 Å². The van der Waals surface area contributed by atoms with Crippen LogP contribution in [0.25, 0.3) is 10.4 Å². The van der Waals surface area contributed by atoms with E-state index in [0.29, 0.717) is 46.9 Å². The van der Waals surface area contributed by atoms with Crippen LogP contribution in [0.15, 0.2) is 82.9 Å². The maximum absolute atomic E-state index is 13.9. The Bertz CT molecular complexity index is 1390. The second-order valence-corrected chi connectivity index (χ2v) is 9.01. The molecular formula is C29H30FN5O5. The summed E-state index contributed by atoms with van der Waals surface area (Å²) in [6, 6.07) is 21.1. The second kappa shape index (κ2) is 13.5. The van der Waals surface area contributed by atoms with Gasteiger partial charge in [0.05, 0.1) is 13.7 Å². The molecule has 11 heteroatoms. The lowest BCUT2D eigenvalue weighted by Crippen LogP contribution is -2.50. The van der Waals surface area contributed by atoms with Gasteiger partial charge in [-0.2, -0.15) is 0 Å². The van der Waals surface area contributed by atoms with E-state index in [1.807, 2.05) is 0 Å². The van der Waals surface area contributed by atoms with Gasteiger partial charge in [0, 0.05) is 42.2 Å². The zero-order valence-electron chi connectivity index (χ0n) is 22.0. The van der Waals surface area contributed by atoms with Crippen molar-refractivity contribution >= 4 is 17.5 Å². The quantitative estimate of drug-likeness (QED) is 0.134. The third kappa shape index (κ3) is 6.33. The monoisotopic (exact) mass is 547 g/mol. The number of carbonyl (C=O) groups excluding carboxylic acids is 1. The Kier molecular flexibility index (Phi) is 9.56. The van der Waals surface area contributed by atoms with Crippen molar-refractivity contribution < 1.29 is 28.5 Å². The number of aliphatic imine (C=N–C) groups is 1. The molecule has 0 saturated heterocycles. The minimum atomic E-state index is -1.58. The first-order valence-corrected chi connectivity index (χ1v) is 12.8. The van der Waals surface area contributed by atoms with Crippen molar-refractivity contribution in [2.24, 2.45) is 10.1 Å². The number of rotatable bonds is 13. The third-order valence-electron chi connectivity index (χ3n) is 6.41. The van der Waals surface area contributed by atoms with Gasteiger partial charge in [-0.25, -0.2) is 9.38 Å². The highest BCUT2D eigenvalue weighted by molar-refractivity contribution is 6.01. The standard InChI is InChI=1S/C29H30FN5O5/c1-38-24-8-4-7-21(18-24)26-29(28(37)32-15-14-30,19-22-6-2-3-9-25(22)34-35-31)33-27(40-26)20-10-12-23(13-11-20)39-17-5-16-36/h2-4,6-13,18,26,36H,5,14-17,19H2,1H3,(H,32,37)/t26-,29-/m1/s1. The van der Waals surface area contributed by atoms with Gasteiger partial charge < -0.3 is 24.6 Å². The molecule has 208 valence electrons. The summed E-state index contributed by atoms with van der Waals surface area (Å²) in [5.74, 6) is 0.848. The molecule has 0 spiro atoms. The zero-order valence-corrected chi connectivity index (χ0v) is 22.0. The Morgan fingerprint density at radius 2 is 1.98 bits per heavy atom. The average Bonchev–Trinajstić information content (AvgIpc) is 3.38. The number of hydrogen-bond donors (Lipinski definition) is 2. The van der Waals surface area contributed by atoms with Crippen molar-refractivity contribution in [1.29, 1.82) is 0 Å². The maximum Gasteiger partial charge on any atom is 0.252 e. The van der Waals surface area contributed by atoms with E-state index in [0.717, 1.165) is 0 Å². The number of hydrogen-bond acceptors (Lipinski definition) is 7. The predicted octanol–water partition coefficient (Wildman–Crippen LogP) is 4.98. The largest absolute Gasteiger partial charge is 0.497 e. The van der Waals surface area contributed by atoms with Crippen molar-refractivity contribution in [3.05, 3.63) is 99.9 Å². The molecule has 1 aliphatic heterocycles. The number of carbonyl (C=O) groups is 1. The molecule has 1 aliphatic rings. The Balaban J connectivity index is 1.83. The molecule has 0 fully saturated rings. The highest BCUT2D eigenvalue weighted by Gasteiger charge is 2.53. The molecule has 2 N–H and O–H groups in total. The van der Waals surface area contributed by atoms with Crippen LogP contribution < -0.4 is 14.8 Å². The van der Waals surface area contributed by atoms with E-state index in [9.17, 15) is 9.18 Å². The lowest BCUT2D eigenvalue weighted by Gasteiger charge is -2.31. The Morgan fingerprint density at radius 1 is 1.18 bits per heavy atom. The molecule has 3 aromatic rings. The molecule has 0 bridgehead atoms. The highest BCUT2D eigenvalue weighted by Crippen LogP contribution is 2.44. The van der Waals surface area contributed by atoms with E-state index in [4.69, 9.17) is 29.8 Å². The van der Waals surface area contributed by atoms with Crippen LogP contribution in [0.3, 0.4) is 0 Å². The van der Waals surface area contributed by atoms with Gasteiger partial charge in [-0.3, -0.25) is 4.79 Å². The molecule has 10 nitrogen and oxygen atoms in total. The Hall–Kier alpha value is -4.60. The number of aliphatic hydroxyl groups is 1. The van der Waals surface area contributed by atoms with Crippen molar-refractivity contribution in [1.82, 2.24) is 5.32 Å². The highest BCUT2D eigenvalue weighted by atomic mass is 19.1. The number of benzene rings is 3. The van der Waals surface area contributed by atoms with Crippen LogP contribution in [0, 0.1) is 0 Å². The number of azide groups is 1. The van der Waals surface area contributed by atoms with Crippen LogP contribution in [-0.2, 0) is 16.0 Å². The van der Waals surface area contributed by atoms with Gasteiger partial charge in [-0.05, 0) is 53.1 Å². The van der Waals surface area contributed by atoms with Gasteiger partial charge in [0.25, 0.3) is 5.91 Å². The molecular weight excluding hydrogens is 517 g/mol. The molecule has 0 unspecified atom stereocenters. The fraction of sp³-hybridized carbons (Fsp3) is 0.310. The molecule has 1 amide bonds. The normalized spacial score (nSPS) is 17.8. The summed E-state index contributed by atoms with van der Waals surface area (Å²) in [6.45, 7) is -0.554. The van der Waals surface area contributed by atoms with Crippen molar-refractivity contribution in [2.75, 3.05) is 33.5 Å². The van der Waals surface area contributed by atoms with Gasteiger partial charge in [-0.15, -0.1) is 0 Å². The predicted molar refractivity (Wildman–Crippen MR) is 148 cm³/mol. The molecule has 0 aliphatic carbocycles. The summed E-state index contributed by atoms with van der Waals surface area (Å²) in [7, 11) is 1.54. The molecule has 0 aromatic heterocycles. The van der Waals surface area contributed by atoms with Crippen LogP contribution in [0.4, 0.5) is 10.1 Å². The number of halogens is 1. The Labute approximate surface area is 231 Å². The summed E-state index contributed by atoms with van der Waals surface area (Å²) >= 11 is 0. The number of ether oxygens (including phenoxy) is 3. The van der Waals surface area contributed by atoms with Gasteiger partial charge in [-0.1, -0.05) is 41.5 Å². The number of aliphatic hydroxyl groups excluding tert-OH is 1. The summed E-state index contributed by atoms with van der Waals surface area (Å²) in [6.07, 6.45) is -0.404. The first-order valence-electron chi connectivity index (χ1n) is 12.8. The zero-order chi connectivity index (χ0) is 28.4. The molecule has 0 radical (unpaired) electrons.